The first-order valence-electron chi connectivity index (χ1n) is 9.93. The van der Waals surface area contributed by atoms with Gasteiger partial charge in [-0.15, -0.1) is 0 Å². The minimum atomic E-state index is -0.0234. The minimum absolute atomic E-state index is 0.0234. The van der Waals surface area contributed by atoms with Crippen LogP contribution in [0.25, 0.3) is 22.3 Å². The zero-order valence-electron chi connectivity index (χ0n) is 17.8. The average molecular weight is 406 g/mol. The summed E-state index contributed by atoms with van der Waals surface area (Å²) in [6.07, 6.45) is 4.55. The number of aromatic nitrogens is 4. The summed E-state index contributed by atoms with van der Waals surface area (Å²) in [7, 11) is 5.25. The lowest BCUT2D eigenvalue weighted by molar-refractivity contribution is 0.300. The van der Waals surface area contributed by atoms with Crippen molar-refractivity contribution in [1.29, 1.82) is 0 Å². The lowest BCUT2D eigenvalue weighted by Gasteiger charge is -2.12. The number of fused-ring (bicyclic) bond motifs is 1. The molecule has 0 aliphatic heterocycles. The molecule has 2 aromatic carbocycles. The number of methoxy groups -OCH3 is 1. The van der Waals surface area contributed by atoms with E-state index >= 15 is 0 Å². The fourth-order valence-corrected chi connectivity index (χ4v) is 3.76. The Labute approximate surface area is 175 Å². The largest absolute Gasteiger partial charge is 0.497 e. The van der Waals surface area contributed by atoms with Gasteiger partial charge in [-0.2, -0.15) is 0 Å². The normalized spacial score (nSPS) is 11.2. The quantitative estimate of drug-likeness (QED) is 0.441. The SMILES string of the molecule is COc1cccc(OCCCn2cncc2-c2cc3c(cc2C)n(C)c(=O)n3C)c1. The second-order valence-corrected chi connectivity index (χ2v) is 7.41. The predicted molar refractivity (Wildman–Crippen MR) is 117 cm³/mol. The van der Waals surface area contributed by atoms with Crippen LogP contribution < -0.4 is 15.2 Å². The van der Waals surface area contributed by atoms with Crippen LogP contribution in [-0.4, -0.2) is 32.4 Å². The van der Waals surface area contributed by atoms with E-state index < -0.39 is 0 Å². The molecule has 0 aliphatic rings. The van der Waals surface area contributed by atoms with Crippen LogP contribution in [0.4, 0.5) is 0 Å². The van der Waals surface area contributed by atoms with E-state index in [0.717, 1.165) is 52.3 Å². The van der Waals surface area contributed by atoms with Crippen molar-refractivity contribution in [3.8, 4) is 22.8 Å². The molecule has 0 N–H and O–H groups in total. The molecule has 0 fully saturated rings. The van der Waals surface area contributed by atoms with Gasteiger partial charge in [-0.1, -0.05) is 6.07 Å². The van der Waals surface area contributed by atoms with Crippen LogP contribution >= 0.6 is 0 Å². The van der Waals surface area contributed by atoms with Gasteiger partial charge in [0, 0.05) is 32.3 Å². The maximum absolute atomic E-state index is 12.3. The third kappa shape index (κ3) is 3.58. The number of ether oxygens (including phenoxy) is 2. The third-order valence-electron chi connectivity index (χ3n) is 5.46. The van der Waals surface area contributed by atoms with Crippen molar-refractivity contribution in [3.63, 3.8) is 0 Å². The third-order valence-corrected chi connectivity index (χ3v) is 5.46. The summed E-state index contributed by atoms with van der Waals surface area (Å²) >= 11 is 0. The Kier molecular flexibility index (Phi) is 5.35. The Balaban J connectivity index is 1.51. The van der Waals surface area contributed by atoms with E-state index in [0.29, 0.717) is 6.61 Å². The van der Waals surface area contributed by atoms with E-state index in [2.05, 4.69) is 28.6 Å². The second-order valence-electron chi connectivity index (χ2n) is 7.41. The molecule has 0 spiro atoms. The average Bonchev–Trinajstić information content (AvgIpc) is 3.30. The number of hydrogen-bond acceptors (Lipinski definition) is 4. The number of rotatable bonds is 7. The zero-order valence-corrected chi connectivity index (χ0v) is 17.8. The Bertz CT molecular complexity index is 1250. The molecule has 4 rings (SSSR count). The van der Waals surface area contributed by atoms with E-state index in [4.69, 9.17) is 9.47 Å². The van der Waals surface area contributed by atoms with Crippen molar-refractivity contribution >= 4 is 11.0 Å². The van der Waals surface area contributed by atoms with Crippen molar-refractivity contribution in [2.45, 2.75) is 19.9 Å². The first kappa shape index (κ1) is 19.8. The fourth-order valence-electron chi connectivity index (χ4n) is 3.76. The molecule has 7 nitrogen and oxygen atoms in total. The summed E-state index contributed by atoms with van der Waals surface area (Å²) in [4.78, 5) is 16.6. The highest BCUT2D eigenvalue weighted by atomic mass is 16.5. The van der Waals surface area contributed by atoms with Crippen LogP contribution in [0.15, 0.2) is 53.7 Å². The van der Waals surface area contributed by atoms with Crippen LogP contribution in [-0.2, 0) is 20.6 Å². The number of imidazole rings is 2. The molecular weight excluding hydrogens is 380 g/mol. The van der Waals surface area contributed by atoms with Gasteiger partial charge in [0.2, 0.25) is 0 Å². The molecule has 0 radical (unpaired) electrons. The molecule has 0 bridgehead atoms. The van der Waals surface area contributed by atoms with Crippen molar-refractivity contribution in [3.05, 3.63) is 65.0 Å². The van der Waals surface area contributed by atoms with Gasteiger partial charge in [0.1, 0.15) is 11.5 Å². The Morgan fingerprint density at radius 2 is 1.77 bits per heavy atom. The number of hydrogen-bond donors (Lipinski definition) is 0. The van der Waals surface area contributed by atoms with Crippen LogP contribution in [0.3, 0.4) is 0 Å². The highest BCUT2D eigenvalue weighted by molar-refractivity contribution is 5.84. The van der Waals surface area contributed by atoms with Gasteiger partial charge in [0.05, 0.1) is 43.0 Å². The monoisotopic (exact) mass is 406 g/mol. The summed E-state index contributed by atoms with van der Waals surface area (Å²) in [5.74, 6) is 1.58. The van der Waals surface area contributed by atoms with Gasteiger partial charge in [-0.25, -0.2) is 9.78 Å². The highest BCUT2D eigenvalue weighted by Gasteiger charge is 2.14. The molecule has 0 saturated carbocycles. The number of aryl methyl sites for hydroxylation is 4. The molecule has 2 heterocycles. The topological polar surface area (TPSA) is 63.2 Å². The molecule has 156 valence electrons. The van der Waals surface area contributed by atoms with E-state index in [1.165, 1.54) is 0 Å². The van der Waals surface area contributed by atoms with E-state index in [9.17, 15) is 4.79 Å². The fraction of sp³-hybridized carbons (Fsp3) is 0.304. The summed E-state index contributed by atoms with van der Waals surface area (Å²) in [5, 5.41) is 0. The van der Waals surface area contributed by atoms with Crippen molar-refractivity contribution in [1.82, 2.24) is 18.7 Å². The first-order chi connectivity index (χ1) is 14.5. The van der Waals surface area contributed by atoms with Crippen molar-refractivity contribution in [2.24, 2.45) is 14.1 Å². The maximum Gasteiger partial charge on any atom is 0.328 e. The second kappa shape index (κ2) is 8.10. The summed E-state index contributed by atoms with van der Waals surface area (Å²) in [5.41, 5.74) is 5.04. The molecule has 0 atom stereocenters. The smallest absolute Gasteiger partial charge is 0.328 e. The van der Waals surface area contributed by atoms with Gasteiger partial charge in [0.15, 0.2) is 0 Å². The van der Waals surface area contributed by atoms with Gasteiger partial charge >= 0.3 is 5.69 Å². The molecule has 30 heavy (non-hydrogen) atoms. The van der Waals surface area contributed by atoms with E-state index in [1.807, 2.05) is 36.8 Å². The summed E-state index contributed by atoms with van der Waals surface area (Å²) in [6, 6.07) is 11.8. The van der Waals surface area contributed by atoms with Gasteiger partial charge < -0.3 is 14.0 Å². The van der Waals surface area contributed by atoms with Crippen molar-refractivity contribution < 1.29 is 9.47 Å². The zero-order chi connectivity index (χ0) is 21.3. The highest BCUT2D eigenvalue weighted by Crippen LogP contribution is 2.28. The Morgan fingerprint density at radius 3 is 2.53 bits per heavy atom. The lowest BCUT2D eigenvalue weighted by atomic mass is 10.0. The van der Waals surface area contributed by atoms with Crippen LogP contribution in [0.1, 0.15) is 12.0 Å². The summed E-state index contributed by atoms with van der Waals surface area (Å²) < 4.78 is 16.6. The Morgan fingerprint density at radius 1 is 1.03 bits per heavy atom. The predicted octanol–water partition coefficient (Wildman–Crippen LogP) is 3.53. The molecule has 4 aromatic rings. The van der Waals surface area contributed by atoms with Gasteiger partial charge in [0.25, 0.3) is 0 Å². The van der Waals surface area contributed by atoms with Gasteiger partial charge in [-0.3, -0.25) is 9.13 Å². The molecule has 7 heteroatoms. The Hall–Kier alpha value is -3.48. The van der Waals surface area contributed by atoms with Crippen molar-refractivity contribution in [2.75, 3.05) is 13.7 Å². The molecule has 2 aromatic heterocycles. The van der Waals surface area contributed by atoms with Crippen LogP contribution in [0.5, 0.6) is 11.5 Å². The van der Waals surface area contributed by atoms with E-state index in [1.54, 1.807) is 30.3 Å². The molecule has 0 aliphatic carbocycles. The molecule has 0 amide bonds. The molecular formula is C23H26N4O3. The standard InChI is InChI=1S/C23H26N4O3/c1-16-11-20-21(26(3)23(28)25(20)2)13-19(16)22-14-24-15-27(22)9-6-10-30-18-8-5-7-17(12-18)29-4/h5,7-8,11-15H,6,9-10H2,1-4H3. The minimum Gasteiger partial charge on any atom is -0.497 e. The van der Waals surface area contributed by atoms with Crippen LogP contribution in [0.2, 0.25) is 0 Å². The van der Waals surface area contributed by atoms with Gasteiger partial charge in [-0.05, 0) is 43.2 Å². The number of benzene rings is 2. The van der Waals surface area contributed by atoms with E-state index in [-0.39, 0.29) is 5.69 Å². The first-order valence-corrected chi connectivity index (χ1v) is 9.93. The molecule has 0 unspecified atom stereocenters. The number of nitrogens with zero attached hydrogens (tertiary/aromatic N) is 4. The van der Waals surface area contributed by atoms with Crippen LogP contribution in [0, 0.1) is 6.92 Å². The summed E-state index contributed by atoms with van der Waals surface area (Å²) in [6.45, 7) is 3.44. The lowest BCUT2D eigenvalue weighted by Crippen LogP contribution is -2.19. The maximum atomic E-state index is 12.3. The molecule has 0 saturated heterocycles.